The Labute approximate surface area is 113 Å². The normalized spacial score (nSPS) is 13.2. The van der Waals surface area contributed by atoms with Crippen LogP contribution in [0.1, 0.15) is 17.3 Å². The summed E-state index contributed by atoms with van der Waals surface area (Å²) in [5, 5.41) is 0. The Morgan fingerprint density at radius 3 is 2.40 bits per heavy atom. The first-order chi connectivity index (χ1) is 9.39. The van der Waals surface area contributed by atoms with E-state index in [1.54, 1.807) is 17.1 Å². The van der Waals surface area contributed by atoms with Gasteiger partial charge in [-0.25, -0.2) is 10.4 Å². The summed E-state index contributed by atoms with van der Waals surface area (Å²) in [5.41, 5.74) is 3.92. The molecule has 0 fully saturated rings. The van der Waals surface area contributed by atoms with Gasteiger partial charge in [-0.1, -0.05) is 12.1 Å². The molecule has 20 heavy (non-hydrogen) atoms. The van der Waals surface area contributed by atoms with Crippen molar-refractivity contribution >= 4 is 0 Å². The first kappa shape index (κ1) is 14.4. The summed E-state index contributed by atoms with van der Waals surface area (Å²) in [6.45, 7) is 0. The summed E-state index contributed by atoms with van der Waals surface area (Å²) < 4.78 is 41.8. The fraction of sp³-hybridized carbons (Fsp3) is 0.250. The SMILES string of the molecule is Cn1cnc(C(NN)c2ccc(OC(F)(F)F)cc2)c1. The van der Waals surface area contributed by atoms with Gasteiger partial charge in [0.05, 0.1) is 18.1 Å². The maximum Gasteiger partial charge on any atom is 0.573 e. The van der Waals surface area contributed by atoms with Crippen LogP contribution in [0.3, 0.4) is 0 Å². The molecular weight excluding hydrogens is 273 g/mol. The lowest BCUT2D eigenvalue weighted by molar-refractivity contribution is -0.274. The number of nitrogens with one attached hydrogen (secondary N) is 1. The Morgan fingerprint density at radius 1 is 1.30 bits per heavy atom. The molecule has 2 rings (SSSR count). The van der Waals surface area contributed by atoms with E-state index < -0.39 is 12.4 Å². The second kappa shape index (κ2) is 5.51. The molecule has 0 radical (unpaired) electrons. The molecule has 1 heterocycles. The number of ether oxygens (including phenoxy) is 1. The molecule has 8 heteroatoms. The number of rotatable bonds is 4. The number of imidazole rings is 1. The minimum atomic E-state index is -4.70. The quantitative estimate of drug-likeness (QED) is 0.665. The van der Waals surface area contributed by atoms with Crippen LogP contribution < -0.4 is 16.0 Å². The van der Waals surface area contributed by atoms with Crippen LogP contribution in [0.4, 0.5) is 13.2 Å². The van der Waals surface area contributed by atoms with E-state index in [0.717, 1.165) is 0 Å². The van der Waals surface area contributed by atoms with Crippen molar-refractivity contribution in [3.8, 4) is 5.75 Å². The molecule has 0 saturated heterocycles. The van der Waals surface area contributed by atoms with Crippen LogP contribution in [-0.4, -0.2) is 15.9 Å². The minimum absolute atomic E-state index is 0.280. The van der Waals surface area contributed by atoms with Gasteiger partial charge in [0.25, 0.3) is 0 Å². The zero-order valence-electron chi connectivity index (χ0n) is 10.6. The number of halogens is 3. The fourth-order valence-electron chi connectivity index (χ4n) is 1.80. The predicted octanol–water partition coefficient (Wildman–Crippen LogP) is 1.87. The lowest BCUT2D eigenvalue weighted by Crippen LogP contribution is -2.29. The van der Waals surface area contributed by atoms with Crippen LogP contribution in [0.5, 0.6) is 5.75 Å². The summed E-state index contributed by atoms with van der Waals surface area (Å²) in [6.07, 6.45) is -1.32. The number of nitrogens with two attached hydrogens (primary N) is 1. The van der Waals surface area contributed by atoms with Crippen LogP contribution in [0, 0.1) is 0 Å². The highest BCUT2D eigenvalue weighted by molar-refractivity contribution is 5.32. The van der Waals surface area contributed by atoms with Crippen molar-refractivity contribution in [3.63, 3.8) is 0 Å². The second-order valence-corrected chi connectivity index (χ2v) is 4.18. The number of aromatic nitrogens is 2. The van der Waals surface area contributed by atoms with E-state index in [0.29, 0.717) is 11.3 Å². The van der Waals surface area contributed by atoms with E-state index >= 15 is 0 Å². The molecule has 1 aromatic carbocycles. The number of nitrogens with zero attached hydrogens (tertiary/aromatic N) is 2. The first-order valence-corrected chi connectivity index (χ1v) is 5.69. The molecule has 2 aromatic rings. The van der Waals surface area contributed by atoms with Crippen molar-refractivity contribution in [2.75, 3.05) is 0 Å². The van der Waals surface area contributed by atoms with Crippen LogP contribution >= 0.6 is 0 Å². The lowest BCUT2D eigenvalue weighted by atomic mass is 10.1. The number of hydrazine groups is 1. The summed E-state index contributed by atoms with van der Waals surface area (Å²) in [5.74, 6) is 5.20. The van der Waals surface area contributed by atoms with Crippen molar-refractivity contribution < 1.29 is 17.9 Å². The van der Waals surface area contributed by atoms with E-state index in [1.807, 2.05) is 7.05 Å². The number of aryl methyl sites for hydroxylation is 1. The second-order valence-electron chi connectivity index (χ2n) is 4.18. The van der Waals surface area contributed by atoms with E-state index in [1.165, 1.54) is 24.3 Å². The number of hydrogen-bond donors (Lipinski definition) is 2. The maximum atomic E-state index is 12.1. The number of benzene rings is 1. The van der Waals surface area contributed by atoms with Crippen molar-refractivity contribution in [2.45, 2.75) is 12.4 Å². The third kappa shape index (κ3) is 3.49. The lowest BCUT2D eigenvalue weighted by Gasteiger charge is -2.15. The Bertz CT molecular complexity index is 565. The van der Waals surface area contributed by atoms with Gasteiger partial charge in [-0.2, -0.15) is 0 Å². The third-order valence-electron chi connectivity index (χ3n) is 2.63. The molecule has 1 unspecified atom stereocenters. The van der Waals surface area contributed by atoms with Crippen LogP contribution in [0.25, 0.3) is 0 Å². The summed E-state index contributed by atoms with van der Waals surface area (Å²) >= 11 is 0. The molecule has 0 spiro atoms. The molecule has 5 nitrogen and oxygen atoms in total. The molecule has 0 saturated carbocycles. The Balaban J connectivity index is 2.19. The molecule has 1 atom stereocenters. The zero-order valence-corrected chi connectivity index (χ0v) is 10.6. The smallest absolute Gasteiger partial charge is 0.406 e. The fourth-order valence-corrected chi connectivity index (χ4v) is 1.80. The summed E-state index contributed by atoms with van der Waals surface area (Å²) in [6, 6.07) is 5.06. The minimum Gasteiger partial charge on any atom is -0.406 e. The van der Waals surface area contributed by atoms with Crippen molar-refractivity contribution in [3.05, 3.63) is 48.0 Å². The van der Waals surface area contributed by atoms with E-state index in [2.05, 4.69) is 15.1 Å². The van der Waals surface area contributed by atoms with Gasteiger partial charge >= 0.3 is 6.36 Å². The summed E-state index contributed by atoms with van der Waals surface area (Å²) in [7, 11) is 1.81. The molecule has 0 aliphatic rings. The van der Waals surface area contributed by atoms with Crippen molar-refractivity contribution in [2.24, 2.45) is 12.9 Å². The number of hydrogen-bond acceptors (Lipinski definition) is 4. The van der Waals surface area contributed by atoms with Gasteiger partial charge in [0, 0.05) is 13.2 Å². The molecule has 108 valence electrons. The highest BCUT2D eigenvalue weighted by atomic mass is 19.4. The molecule has 1 aromatic heterocycles. The monoisotopic (exact) mass is 286 g/mol. The Morgan fingerprint density at radius 2 is 1.95 bits per heavy atom. The molecular formula is C12H13F3N4O. The average molecular weight is 286 g/mol. The highest BCUT2D eigenvalue weighted by Gasteiger charge is 2.31. The van der Waals surface area contributed by atoms with Crippen LogP contribution in [-0.2, 0) is 7.05 Å². The maximum absolute atomic E-state index is 12.1. The molecule has 0 aliphatic heterocycles. The topological polar surface area (TPSA) is 65.1 Å². The summed E-state index contributed by atoms with van der Waals surface area (Å²) in [4.78, 5) is 4.15. The van der Waals surface area contributed by atoms with E-state index in [9.17, 15) is 13.2 Å². The largest absolute Gasteiger partial charge is 0.573 e. The van der Waals surface area contributed by atoms with Crippen molar-refractivity contribution in [1.82, 2.24) is 15.0 Å². The van der Waals surface area contributed by atoms with Crippen LogP contribution in [0.2, 0.25) is 0 Å². The van der Waals surface area contributed by atoms with Crippen molar-refractivity contribution in [1.29, 1.82) is 0 Å². The van der Waals surface area contributed by atoms with E-state index in [4.69, 9.17) is 5.84 Å². The highest BCUT2D eigenvalue weighted by Crippen LogP contribution is 2.26. The first-order valence-electron chi connectivity index (χ1n) is 5.69. The molecule has 0 aliphatic carbocycles. The van der Waals surface area contributed by atoms with Crippen LogP contribution in [0.15, 0.2) is 36.8 Å². The van der Waals surface area contributed by atoms with Gasteiger partial charge in [-0.05, 0) is 17.7 Å². The number of alkyl halides is 3. The van der Waals surface area contributed by atoms with Gasteiger partial charge in [0.1, 0.15) is 5.75 Å². The van der Waals surface area contributed by atoms with Gasteiger partial charge < -0.3 is 9.30 Å². The van der Waals surface area contributed by atoms with Gasteiger partial charge in [-0.15, -0.1) is 13.2 Å². The third-order valence-corrected chi connectivity index (χ3v) is 2.63. The zero-order chi connectivity index (χ0) is 14.8. The van der Waals surface area contributed by atoms with Gasteiger partial charge in [0.2, 0.25) is 0 Å². The Kier molecular flexibility index (Phi) is 3.96. The molecule has 3 N–H and O–H groups in total. The Hall–Kier alpha value is -2.06. The van der Waals surface area contributed by atoms with E-state index in [-0.39, 0.29) is 5.75 Å². The van der Waals surface area contributed by atoms with Gasteiger partial charge in [0.15, 0.2) is 0 Å². The average Bonchev–Trinajstić information content (AvgIpc) is 2.77. The predicted molar refractivity (Wildman–Crippen MR) is 65.5 cm³/mol. The molecule has 0 amide bonds. The molecule has 0 bridgehead atoms. The standard InChI is InChI=1S/C12H13F3N4O/c1-19-6-10(17-7-19)11(18-16)8-2-4-9(5-3-8)20-12(13,14)15/h2-7,11,18H,16H2,1H3. The van der Waals surface area contributed by atoms with Gasteiger partial charge in [-0.3, -0.25) is 5.84 Å².